The van der Waals surface area contributed by atoms with Crippen molar-refractivity contribution in [2.75, 3.05) is 13.1 Å². The largest absolute Gasteiger partial charge is 0.338 e. The van der Waals surface area contributed by atoms with E-state index < -0.39 is 11.2 Å². The number of aryl methyl sites for hydroxylation is 1. The quantitative estimate of drug-likeness (QED) is 0.737. The fraction of sp³-hybridized carbons (Fsp3) is 0.636. The molecule has 1 aliphatic carbocycles. The summed E-state index contributed by atoms with van der Waals surface area (Å²) in [6.45, 7) is 12.0. The Morgan fingerprint density at radius 3 is 2.34 bits per heavy atom. The van der Waals surface area contributed by atoms with Crippen molar-refractivity contribution in [1.29, 1.82) is 0 Å². The lowest BCUT2D eigenvalue weighted by molar-refractivity contribution is 0.0717. The van der Waals surface area contributed by atoms with Crippen LogP contribution in [0.5, 0.6) is 0 Å². The molecule has 1 aliphatic rings. The lowest BCUT2D eigenvalue weighted by atomic mass is 10.1. The molecule has 1 amide bonds. The van der Waals surface area contributed by atoms with E-state index in [1.165, 1.54) is 4.57 Å². The van der Waals surface area contributed by atoms with Crippen molar-refractivity contribution in [3.63, 3.8) is 0 Å². The molecule has 0 bridgehead atoms. The average Bonchev–Trinajstić information content (AvgIpc) is 3.47. The highest BCUT2D eigenvalue weighted by Gasteiger charge is 2.30. The van der Waals surface area contributed by atoms with Gasteiger partial charge in [-0.1, -0.05) is 34.6 Å². The van der Waals surface area contributed by atoms with Gasteiger partial charge in [-0.25, -0.2) is 9.78 Å². The van der Waals surface area contributed by atoms with Crippen LogP contribution in [0, 0.1) is 11.8 Å². The minimum atomic E-state index is -0.537. The first-order chi connectivity index (χ1) is 13.7. The van der Waals surface area contributed by atoms with E-state index in [0.717, 1.165) is 25.0 Å². The van der Waals surface area contributed by atoms with Crippen molar-refractivity contribution >= 4 is 16.9 Å². The number of nitrogens with one attached hydrogen (secondary N) is 1. The monoisotopic (exact) mass is 400 g/mol. The number of fused-ring (bicyclic) bond motifs is 1. The maximum atomic E-state index is 13.6. The maximum Gasteiger partial charge on any atom is 0.329 e. The molecule has 2 aromatic rings. The molecule has 29 heavy (non-hydrogen) atoms. The Labute approximate surface area is 171 Å². The number of carbonyl (C=O) groups is 1. The molecule has 0 spiro atoms. The summed E-state index contributed by atoms with van der Waals surface area (Å²) in [5.41, 5.74) is 0.505. The van der Waals surface area contributed by atoms with E-state index >= 15 is 0 Å². The lowest BCUT2D eigenvalue weighted by Crippen LogP contribution is -2.38. The van der Waals surface area contributed by atoms with E-state index in [9.17, 15) is 14.4 Å². The normalized spacial score (nSPS) is 14.2. The van der Waals surface area contributed by atoms with Gasteiger partial charge in [0, 0.05) is 31.2 Å². The Balaban J connectivity index is 2.24. The Hall–Kier alpha value is -2.44. The summed E-state index contributed by atoms with van der Waals surface area (Å²) in [5.74, 6) is 0.767. The fourth-order valence-corrected chi connectivity index (χ4v) is 3.77. The van der Waals surface area contributed by atoms with Crippen LogP contribution in [-0.2, 0) is 6.54 Å². The molecular formula is C22H32N4O3. The van der Waals surface area contributed by atoms with Gasteiger partial charge >= 0.3 is 5.69 Å². The Morgan fingerprint density at radius 2 is 1.83 bits per heavy atom. The Kier molecular flexibility index (Phi) is 6.24. The first kappa shape index (κ1) is 21.3. The van der Waals surface area contributed by atoms with Crippen LogP contribution in [0.15, 0.2) is 15.7 Å². The van der Waals surface area contributed by atoms with E-state index in [4.69, 9.17) is 0 Å². The topological polar surface area (TPSA) is 88.1 Å². The second-order valence-electron chi connectivity index (χ2n) is 8.98. The number of amides is 1. The third kappa shape index (κ3) is 4.60. The molecule has 7 nitrogen and oxygen atoms in total. The highest BCUT2D eigenvalue weighted by Crippen LogP contribution is 2.40. The number of hydrogen-bond donors (Lipinski definition) is 1. The van der Waals surface area contributed by atoms with Gasteiger partial charge in [0.15, 0.2) is 5.65 Å². The first-order valence-electron chi connectivity index (χ1n) is 10.7. The van der Waals surface area contributed by atoms with Crippen molar-refractivity contribution in [3.05, 3.63) is 38.2 Å². The van der Waals surface area contributed by atoms with Gasteiger partial charge in [0.1, 0.15) is 0 Å². The number of H-pyrrole nitrogens is 1. The van der Waals surface area contributed by atoms with Crippen molar-refractivity contribution in [3.8, 4) is 0 Å². The van der Waals surface area contributed by atoms with Crippen LogP contribution in [0.1, 0.15) is 75.9 Å². The minimum absolute atomic E-state index is 0.158. The third-order valence-electron chi connectivity index (χ3n) is 5.10. The number of rotatable bonds is 8. The van der Waals surface area contributed by atoms with Crippen LogP contribution in [0.2, 0.25) is 0 Å². The van der Waals surface area contributed by atoms with Gasteiger partial charge < -0.3 is 4.90 Å². The molecular weight excluding hydrogens is 368 g/mol. The molecule has 0 aliphatic heterocycles. The summed E-state index contributed by atoms with van der Waals surface area (Å²) in [6, 6.07) is 1.78. The molecule has 0 atom stereocenters. The number of aromatic nitrogens is 3. The van der Waals surface area contributed by atoms with Gasteiger partial charge in [0.05, 0.1) is 10.9 Å². The van der Waals surface area contributed by atoms with Crippen molar-refractivity contribution in [1.82, 2.24) is 19.4 Å². The van der Waals surface area contributed by atoms with E-state index in [2.05, 4.69) is 37.7 Å². The summed E-state index contributed by atoms with van der Waals surface area (Å²) in [7, 11) is 0. The zero-order valence-corrected chi connectivity index (χ0v) is 18.1. The summed E-state index contributed by atoms with van der Waals surface area (Å²) in [5, 5.41) is 0.227. The smallest absolute Gasteiger partial charge is 0.329 e. The summed E-state index contributed by atoms with van der Waals surface area (Å²) in [4.78, 5) is 47.7. The predicted molar refractivity (Wildman–Crippen MR) is 114 cm³/mol. The van der Waals surface area contributed by atoms with Gasteiger partial charge in [-0.05, 0) is 37.2 Å². The minimum Gasteiger partial charge on any atom is -0.338 e. The summed E-state index contributed by atoms with van der Waals surface area (Å²) >= 11 is 0. The van der Waals surface area contributed by atoms with Crippen molar-refractivity contribution in [2.45, 2.75) is 66.3 Å². The molecule has 1 fully saturated rings. The molecule has 7 heteroatoms. The third-order valence-corrected chi connectivity index (χ3v) is 5.10. The van der Waals surface area contributed by atoms with Crippen molar-refractivity contribution < 1.29 is 4.79 Å². The van der Waals surface area contributed by atoms with Crippen LogP contribution in [0.25, 0.3) is 11.0 Å². The van der Waals surface area contributed by atoms with Crippen LogP contribution >= 0.6 is 0 Å². The molecule has 1 N–H and O–H groups in total. The maximum absolute atomic E-state index is 13.6. The standard InChI is InChI=1S/C22H32N4O3/c1-6-9-26-19-18(20(27)24-22(26)29)16(10-17(23-19)15-7-8-15)21(28)25(11-13(2)3)12-14(4)5/h10,13-15H,6-9,11-12H2,1-5H3,(H,24,27,29). The second kappa shape index (κ2) is 8.51. The van der Waals surface area contributed by atoms with Gasteiger partial charge in [-0.3, -0.25) is 19.1 Å². The zero-order chi connectivity index (χ0) is 21.3. The average molecular weight is 401 g/mol. The number of carbonyl (C=O) groups excluding carboxylic acids is 1. The summed E-state index contributed by atoms with van der Waals surface area (Å²) < 4.78 is 1.49. The summed E-state index contributed by atoms with van der Waals surface area (Å²) in [6.07, 6.45) is 2.77. The highest BCUT2D eigenvalue weighted by atomic mass is 16.2. The van der Waals surface area contributed by atoms with E-state index in [1.807, 2.05) is 11.8 Å². The van der Waals surface area contributed by atoms with Gasteiger partial charge in [-0.15, -0.1) is 0 Å². The lowest BCUT2D eigenvalue weighted by Gasteiger charge is -2.27. The molecule has 1 saturated carbocycles. The number of nitrogens with zero attached hydrogens (tertiary/aromatic N) is 3. The molecule has 3 rings (SSSR count). The van der Waals surface area contributed by atoms with E-state index in [1.54, 1.807) is 6.07 Å². The number of pyridine rings is 1. The highest BCUT2D eigenvalue weighted by molar-refractivity contribution is 6.05. The van der Waals surface area contributed by atoms with E-state index in [-0.39, 0.29) is 11.3 Å². The van der Waals surface area contributed by atoms with Gasteiger partial charge in [0.25, 0.3) is 11.5 Å². The molecule has 0 radical (unpaired) electrons. The van der Waals surface area contributed by atoms with Crippen molar-refractivity contribution in [2.24, 2.45) is 11.8 Å². The molecule has 2 aromatic heterocycles. The van der Waals surface area contributed by atoms with Crippen LogP contribution in [0.4, 0.5) is 0 Å². The van der Waals surface area contributed by atoms with Gasteiger partial charge in [-0.2, -0.15) is 0 Å². The Bertz CT molecular complexity index is 1010. The SMILES string of the molecule is CCCn1c(=O)[nH]c(=O)c2c(C(=O)N(CC(C)C)CC(C)C)cc(C3CC3)nc21. The Morgan fingerprint density at radius 1 is 1.21 bits per heavy atom. The molecule has 2 heterocycles. The second-order valence-corrected chi connectivity index (χ2v) is 8.98. The van der Waals surface area contributed by atoms with Crippen LogP contribution < -0.4 is 11.2 Å². The first-order valence-corrected chi connectivity index (χ1v) is 10.7. The number of aromatic amines is 1. The van der Waals surface area contributed by atoms with E-state index in [0.29, 0.717) is 48.6 Å². The van der Waals surface area contributed by atoms with Crippen LogP contribution in [0.3, 0.4) is 0 Å². The number of hydrogen-bond acceptors (Lipinski definition) is 4. The fourth-order valence-electron chi connectivity index (χ4n) is 3.77. The molecule has 0 aromatic carbocycles. The molecule has 0 unspecified atom stereocenters. The predicted octanol–water partition coefficient (Wildman–Crippen LogP) is 3.13. The van der Waals surface area contributed by atoms with Crippen LogP contribution in [-0.4, -0.2) is 38.4 Å². The molecule has 158 valence electrons. The van der Waals surface area contributed by atoms with Gasteiger partial charge in [0.2, 0.25) is 0 Å². The zero-order valence-electron chi connectivity index (χ0n) is 18.1. The molecule has 0 saturated heterocycles.